The molecule has 0 radical (unpaired) electrons. The first-order valence-corrected chi connectivity index (χ1v) is 7.45. The van der Waals surface area contributed by atoms with Crippen molar-refractivity contribution in [2.24, 2.45) is 5.10 Å². The van der Waals surface area contributed by atoms with E-state index in [2.05, 4.69) is 10.5 Å². The molecule has 0 heterocycles. The summed E-state index contributed by atoms with van der Waals surface area (Å²) in [5.41, 5.74) is 1.89. The number of rotatable bonds is 7. The lowest BCUT2D eigenvalue weighted by atomic mass is 10.1. The summed E-state index contributed by atoms with van der Waals surface area (Å²) >= 11 is 0. The number of para-hydroxylation sites is 2. The van der Waals surface area contributed by atoms with E-state index in [1.54, 1.807) is 0 Å². The number of phenols is 1. The number of ether oxygens (including phenoxy) is 1. The molecule has 2 aromatic rings. The predicted molar refractivity (Wildman–Crippen MR) is 93.8 cm³/mol. The molecule has 0 aliphatic rings. The van der Waals surface area contributed by atoms with Crippen molar-refractivity contribution in [3.05, 3.63) is 67.8 Å². The predicted octanol–water partition coefficient (Wildman–Crippen LogP) is 2.05. The lowest BCUT2D eigenvalue weighted by Gasteiger charge is -2.05. The van der Waals surface area contributed by atoms with Crippen molar-refractivity contribution < 1.29 is 24.5 Å². The third-order valence-electron chi connectivity index (χ3n) is 3.34. The Morgan fingerprint density at radius 1 is 1.26 bits per heavy atom. The number of hydrogen-bond donors (Lipinski definition) is 2. The Kier molecular flexibility index (Phi) is 5.99. The second kappa shape index (κ2) is 8.38. The molecule has 0 spiro atoms. The van der Waals surface area contributed by atoms with Crippen LogP contribution >= 0.6 is 0 Å². The zero-order valence-corrected chi connectivity index (χ0v) is 14.0. The highest BCUT2D eigenvalue weighted by atomic mass is 16.6. The number of amides is 1. The van der Waals surface area contributed by atoms with Gasteiger partial charge in [-0.05, 0) is 18.6 Å². The molecule has 0 saturated heterocycles. The van der Waals surface area contributed by atoms with Crippen LogP contribution in [0.15, 0.2) is 41.5 Å². The molecule has 0 fully saturated rings. The molecule has 11 heteroatoms. The number of hydrazone groups is 1. The highest BCUT2D eigenvalue weighted by Gasteiger charge is 2.15. The molecule has 0 aromatic heterocycles. The van der Waals surface area contributed by atoms with Gasteiger partial charge < -0.3 is 9.84 Å². The summed E-state index contributed by atoms with van der Waals surface area (Å²) < 4.78 is 5.09. The maximum atomic E-state index is 11.7. The summed E-state index contributed by atoms with van der Waals surface area (Å²) in [6.07, 6.45) is 1.04. The number of aromatic hydroxyl groups is 1. The van der Waals surface area contributed by atoms with Gasteiger partial charge in [0.25, 0.3) is 11.6 Å². The number of hydrogen-bond acceptors (Lipinski definition) is 8. The number of aryl methyl sites for hydroxylation is 1. The molecule has 0 aliphatic heterocycles. The van der Waals surface area contributed by atoms with Gasteiger partial charge in [-0.25, -0.2) is 5.43 Å². The van der Waals surface area contributed by atoms with Crippen LogP contribution in [-0.2, 0) is 4.79 Å². The molecule has 140 valence electrons. The number of nitrogens with one attached hydrogen (secondary N) is 1. The second-order valence-electron chi connectivity index (χ2n) is 5.26. The first kappa shape index (κ1) is 19.3. The van der Waals surface area contributed by atoms with Crippen molar-refractivity contribution in [3.63, 3.8) is 0 Å². The summed E-state index contributed by atoms with van der Waals surface area (Å²) in [6, 6.07) is 7.86. The van der Waals surface area contributed by atoms with Crippen molar-refractivity contribution in [3.8, 4) is 11.5 Å². The minimum Gasteiger partial charge on any atom is -0.507 e. The minimum atomic E-state index is -0.717. The van der Waals surface area contributed by atoms with Crippen molar-refractivity contribution in [2.75, 3.05) is 6.61 Å². The third kappa shape index (κ3) is 4.98. The van der Waals surface area contributed by atoms with Gasteiger partial charge in [0.1, 0.15) is 5.75 Å². The molecule has 2 rings (SSSR count). The Balaban J connectivity index is 2.00. The molecular formula is C16H14N4O7. The molecule has 0 unspecified atom stereocenters. The maximum Gasteiger partial charge on any atom is 0.310 e. The van der Waals surface area contributed by atoms with Crippen LogP contribution in [0, 0.1) is 27.2 Å². The molecular weight excluding hydrogens is 360 g/mol. The van der Waals surface area contributed by atoms with Crippen LogP contribution in [0.5, 0.6) is 11.5 Å². The van der Waals surface area contributed by atoms with Gasteiger partial charge in [0.05, 0.1) is 16.1 Å². The van der Waals surface area contributed by atoms with Crippen LogP contribution < -0.4 is 10.2 Å². The molecule has 0 bridgehead atoms. The van der Waals surface area contributed by atoms with Gasteiger partial charge in [0.2, 0.25) is 0 Å². The van der Waals surface area contributed by atoms with Gasteiger partial charge in [-0.1, -0.05) is 12.1 Å². The van der Waals surface area contributed by atoms with E-state index < -0.39 is 22.4 Å². The van der Waals surface area contributed by atoms with Crippen LogP contribution in [0.2, 0.25) is 0 Å². The van der Waals surface area contributed by atoms with Gasteiger partial charge in [-0.3, -0.25) is 25.0 Å². The summed E-state index contributed by atoms with van der Waals surface area (Å²) in [6.45, 7) is 0.945. The molecule has 1 amide bonds. The summed E-state index contributed by atoms with van der Waals surface area (Å²) in [4.78, 5) is 32.2. The number of nitro groups is 2. The minimum absolute atomic E-state index is 0.0432. The quantitative estimate of drug-likeness (QED) is 0.426. The normalized spacial score (nSPS) is 10.6. The van der Waals surface area contributed by atoms with Gasteiger partial charge >= 0.3 is 5.69 Å². The molecule has 2 aromatic carbocycles. The number of carbonyl (C=O) groups excluding carboxylic acids is 1. The summed E-state index contributed by atoms with van der Waals surface area (Å²) in [7, 11) is 0. The number of benzene rings is 2. The molecule has 27 heavy (non-hydrogen) atoms. The first-order chi connectivity index (χ1) is 12.8. The molecule has 2 N–H and O–H groups in total. The Hall–Kier alpha value is -4.02. The maximum absolute atomic E-state index is 11.7. The van der Waals surface area contributed by atoms with Crippen LogP contribution in [0.1, 0.15) is 11.1 Å². The standard InChI is InChI=1S/C16H14N4O7/c1-10-6-12(19(23)24)7-11(16(10)22)8-17-18-15(21)9-27-14-5-3-2-4-13(14)20(25)26/h2-8,22H,9H2,1H3,(H,18,21)/b17-8+. The number of non-ortho nitro benzene ring substituents is 1. The number of nitrogens with zero attached hydrogens (tertiary/aromatic N) is 3. The zero-order valence-electron chi connectivity index (χ0n) is 14.0. The fourth-order valence-electron chi connectivity index (χ4n) is 2.07. The Labute approximate surface area is 152 Å². The first-order valence-electron chi connectivity index (χ1n) is 7.45. The van der Waals surface area contributed by atoms with E-state index in [0.29, 0.717) is 0 Å². The van der Waals surface area contributed by atoms with Gasteiger partial charge in [0, 0.05) is 23.8 Å². The summed E-state index contributed by atoms with van der Waals surface area (Å²) in [5.74, 6) is -1.01. The van der Waals surface area contributed by atoms with Crippen molar-refractivity contribution in [1.29, 1.82) is 0 Å². The highest BCUT2D eigenvalue weighted by Crippen LogP contribution is 2.27. The van der Waals surface area contributed by atoms with Crippen LogP contribution in [0.3, 0.4) is 0 Å². The third-order valence-corrected chi connectivity index (χ3v) is 3.34. The van der Waals surface area contributed by atoms with Crippen molar-refractivity contribution >= 4 is 23.5 Å². The Morgan fingerprint density at radius 2 is 1.96 bits per heavy atom. The number of phenolic OH excluding ortho intramolecular Hbond substituents is 1. The monoisotopic (exact) mass is 374 g/mol. The second-order valence-corrected chi connectivity index (χ2v) is 5.26. The fraction of sp³-hybridized carbons (Fsp3) is 0.125. The highest BCUT2D eigenvalue weighted by molar-refractivity contribution is 5.87. The fourth-order valence-corrected chi connectivity index (χ4v) is 2.07. The Morgan fingerprint density at radius 3 is 2.63 bits per heavy atom. The molecule has 0 atom stereocenters. The number of carbonyl (C=O) groups is 1. The van der Waals surface area contributed by atoms with E-state index in [-0.39, 0.29) is 34.0 Å². The van der Waals surface area contributed by atoms with E-state index >= 15 is 0 Å². The lowest BCUT2D eigenvalue weighted by molar-refractivity contribution is -0.385. The molecule has 0 aliphatic carbocycles. The van der Waals surface area contributed by atoms with Gasteiger partial charge in [0.15, 0.2) is 12.4 Å². The van der Waals surface area contributed by atoms with Gasteiger partial charge in [-0.2, -0.15) is 5.10 Å². The summed E-state index contributed by atoms with van der Waals surface area (Å²) in [5, 5.41) is 35.2. The smallest absolute Gasteiger partial charge is 0.310 e. The SMILES string of the molecule is Cc1cc([N+](=O)[O-])cc(/C=N/NC(=O)COc2ccccc2[N+](=O)[O-])c1O. The molecule has 0 saturated carbocycles. The zero-order chi connectivity index (χ0) is 20.0. The average Bonchev–Trinajstić information content (AvgIpc) is 2.63. The average molecular weight is 374 g/mol. The van der Waals surface area contributed by atoms with E-state index in [9.17, 15) is 30.1 Å². The van der Waals surface area contributed by atoms with E-state index in [1.807, 2.05) is 0 Å². The van der Waals surface area contributed by atoms with E-state index in [0.717, 1.165) is 12.3 Å². The number of nitro benzene ring substituents is 2. The van der Waals surface area contributed by atoms with E-state index in [1.165, 1.54) is 37.3 Å². The van der Waals surface area contributed by atoms with Crippen LogP contribution in [-0.4, -0.2) is 33.7 Å². The Bertz CT molecular complexity index is 927. The van der Waals surface area contributed by atoms with Crippen molar-refractivity contribution in [2.45, 2.75) is 6.92 Å². The van der Waals surface area contributed by atoms with Crippen LogP contribution in [0.25, 0.3) is 0 Å². The largest absolute Gasteiger partial charge is 0.507 e. The van der Waals surface area contributed by atoms with Gasteiger partial charge in [-0.15, -0.1) is 0 Å². The van der Waals surface area contributed by atoms with Crippen LogP contribution in [0.4, 0.5) is 11.4 Å². The van der Waals surface area contributed by atoms with E-state index in [4.69, 9.17) is 4.74 Å². The lowest BCUT2D eigenvalue weighted by Crippen LogP contribution is -2.24. The topological polar surface area (TPSA) is 157 Å². The molecule has 11 nitrogen and oxygen atoms in total. The van der Waals surface area contributed by atoms with Crippen molar-refractivity contribution in [1.82, 2.24) is 5.43 Å².